The third kappa shape index (κ3) is 4.37. The first kappa shape index (κ1) is 16.1. The van der Waals surface area contributed by atoms with Crippen LogP contribution in [0.25, 0.3) is 0 Å². The highest BCUT2D eigenvalue weighted by atomic mass is 79.9. The van der Waals surface area contributed by atoms with Crippen molar-refractivity contribution in [1.82, 2.24) is 4.90 Å². The molecule has 21 heavy (non-hydrogen) atoms. The Morgan fingerprint density at radius 3 is 2.38 bits per heavy atom. The van der Waals surface area contributed by atoms with E-state index in [9.17, 15) is 4.79 Å². The average Bonchev–Trinajstić information content (AvgIpc) is 2.38. The second-order valence-corrected chi connectivity index (χ2v) is 7.36. The van der Waals surface area contributed by atoms with Crippen LogP contribution >= 0.6 is 15.9 Å². The van der Waals surface area contributed by atoms with Crippen molar-refractivity contribution in [2.45, 2.75) is 39.3 Å². The van der Waals surface area contributed by atoms with E-state index in [1.54, 1.807) is 4.90 Å². The largest absolute Gasteiger partial charge is 0.444 e. The number of hydrogen-bond donors (Lipinski definition) is 0. The summed E-state index contributed by atoms with van der Waals surface area (Å²) in [5, 5.41) is 0. The predicted octanol–water partition coefficient (Wildman–Crippen LogP) is 3.89. The van der Waals surface area contributed by atoms with Crippen molar-refractivity contribution >= 4 is 27.7 Å². The summed E-state index contributed by atoms with van der Waals surface area (Å²) in [5.41, 5.74) is 0.748. The second-order valence-electron chi connectivity index (χ2n) is 6.45. The number of rotatable bonds is 1. The van der Waals surface area contributed by atoms with Crippen LogP contribution < -0.4 is 4.90 Å². The number of carbonyl (C=O) groups is 1. The summed E-state index contributed by atoms with van der Waals surface area (Å²) in [4.78, 5) is 16.2. The number of ether oxygens (including phenoxy) is 1. The molecule has 0 aliphatic carbocycles. The lowest BCUT2D eigenvalue weighted by Crippen LogP contribution is -2.54. The van der Waals surface area contributed by atoms with Crippen LogP contribution in [0.3, 0.4) is 0 Å². The van der Waals surface area contributed by atoms with Crippen LogP contribution in [-0.2, 0) is 4.74 Å². The molecule has 2 rings (SSSR count). The van der Waals surface area contributed by atoms with Crippen LogP contribution in [0, 0.1) is 0 Å². The lowest BCUT2D eigenvalue weighted by atomic mass is 10.1. The minimum Gasteiger partial charge on any atom is -0.444 e. The van der Waals surface area contributed by atoms with E-state index in [1.807, 2.05) is 32.9 Å². The van der Waals surface area contributed by atoms with E-state index in [2.05, 4.69) is 39.9 Å². The number of hydrogen-bond acceptors (Lipinski definition) is 3. The highest BCUT2D eigenvalue weighted by Crippen LogP contribution is 2.23. The zero-order valence-electron chi connectivity index (χ0n) is 13.1. The fourth-order valence-electron chi connectivity index (χ4n) is 2.47. The molecule has 0 unspecified atom stereocenters. The third-order valence-electron chi connectivity index (χ3n) is 3.44. The van der Waals surface area contributed by atoms with Crippen LogP contribution in [-0.4, -0.2) is 42.3 Å². The van der Waals surface area contributed by atoms with Gasteiger partial charge in [0.2, 0.25) is 0 Å². The van der Waals surface area contributed by atoms with Gasteiger partial charge in [-0.3, -0.25) is 0 Å². The van der Waals surface area contributed by atoms with Crippen LogP contribution in [0.2, 0.25) is 0 Å². The van der Waals surface area contributed by atoms with Gasteiger partial charge in [0.05, 0.1) is 0 Å². The first-order valence-electron chi connectivity index (χ1n) is 7.26. The second kappa shape index (κ2) is 6.26. The van der Waals surface area contributed by atoms with Crippen molar-refractivity contribution < 1.29 is 9.53 Å². The van der Waals surface area contributed by atoms with Crippen molar-refractivity contribution in [2.24, 2.45) is 0 Å². The Bertz CT molecular complexity index is 496. The number of piperazine rings is 1. The van der Waals surface area contributed by atoms with E-state index in [-0.39, 0.29) is 12.1 Å². The Kier molecular flexibility index (Phi) is 4.81. The van der Waals surface area contributed by atoms with Gasteiger partial charge in [-0.25, -0.2) is 4.79 Å². The normalized spacial score (nSPS) is 19.6. The molecule has 4 nitrogen and oxygen atoms in total. The fraction of sp³-hybridized carbons (Fsp3) is 0.562. The Morgan fingerprint density at radius 2 is 1.86 bits per heavy atom. The zero-order valence-corrected chi connectivity index (χ0v) is 14.7. The van der Waals surface area contributed by atoms with Gasteiger partial charge in [-0.2, -0.15) is 0 Å². The molecule has 0 bridgehead atoms. The van der Waals surface area contributed by atoms with E-state index >= 15 is 0 Å². The molecular formula is C16H23BrN2O2. The molecule has 0 saturated carbocycles. The van der Waals surface area contributed by atoms with E-state index < -0.39 is 5.60 Å². The summed E-state index contributed by atoms with van der Waals surface area (Å²) in [5.74, 6) is 0. The van der Waals surface area contributed by atoms with Crippen molar-refractivity contribution in [1.29, 1.82) is 0 Å². The molecule has 5 heteroatoms. The minimum atomic E-state index is -0.441. The number of nitrogens with zero attached hydrogens (tertiary/aromatic N) is 2. The predicted molar refractivity (Wildman–Crippen MR) is 88.8 cm³/mol. The molecule has 1 atom stereocenters. The van der Waals surface area contributed by atoms with Crippen molar-refractivity contribution in [3.8, 4) is 0 Å². The van der Waals surface area contributed by atoms with Crippen LogP contribution in [0.15, 0.2) is 28.7 Å². The molecule has 116 valence electrons. The molecule has 0 N–H and O–H groups in total. The maximum atomic E-state index is 12.1. The number of anilines is 1. The monoisotopic (exact) mass is 354 g/mol. The van der Waals surface area contributed by atoms with Gasteiger partial charge >= 0.3 is 6.09 Å². The van der Waals surface area contributed by atoms with Crippen LogP contribution in [0.1, 0.15) is 27.7 Å². The molecule has 1 saturated heterocycles. The van der Waals surface area contributed by atoms with Gasteiger partial charge in [0.15, 0.2) is 0 Å². The lowest BCUT2D eigenvalue weighted by molar-refractivity contribution is 0.0219. The van der Waals surface area contributed by atoms with Crippen molar-refractivity contribution in [3.63, 3.8) is 0 Å². The number of amides is 1. The molecular weight excluding hydrogens is 332 g/mol. The molecule has 1 aromatic carbocycles. The summed E-state index contributed by atoms with van der Waals surface area (Å²) in [6.45, 7) is 10.0. The SMILES string of the molecule is C[C@H]1CN(C(=O)OC(C)(C)C)CCN1c1ccc(Br)cc1. The maximum Gasteiger partial charge on any atom is 0.410 e. The highest BCUT2D eigenvalue weighted by molar-refractivity contribution is 9.10. The molecule has 1 aliphatic rings. The van der Waals surface area contributed by atoms with Gasteiger partial charge in [-0.15, -0.1) is 0 Å². The van der Waals surface area contributed by atoms with Gasteiger partial charge in [0.1, 0.15) is 5.60 Å². The lowest BCUT2D eigenvalue weighted by Gasteiger charge is -2.41. The van der Waals surface area contributed by atoms with Gasteiger partial charge < -0.3 is 14.5 Å². The summed E-state index contributed by atoms with van der Waals surface area (Å²) in [6.07, 6.45) is -0.218. The van der Waals surface area contributed by atoms with Crippen molar-refractivity contribution in [3.05, 3.63) is 28.7 Å². The van der Waals surface area contributed by atoms with E-state index in [0.717, 1.165) is 11.0 Å². The minimum absolute atomic E-state index is 0.218. The van der Waals surface area contributed by atoms with Crippen molar-refractivity contribution in [2.75, 3.05) is 24.5 Å². The molecule has 0 aromatic heterocycles. The first-order chi connectivity index (χ1) is 9.76. The van der Waals surface area contributed by atoms with Gasteiger partial charge in [-0.1, -0.05) is 15.9 Å². The number of halogens is 1. The van der Waals surface area contributed by atoms with E-state index in [1.165, 1.54) is 5.69 Å². The fourth-order valence-corrected chi connectivity index (χ4v) is 2.73. The first-order valence-corrected chi connectivity index (χ1v) is 8.06. The Labute approximate surface area is 135 Å². The van der Waals surface area contributed by atoms with Gasteiger partial charge in [-0.05, 0) is 52.0 Å². The molecule has 1 aliphatic heterocycles. The molecule has 0 radical (unpaired) electrons. The summed E-state index contributed by atoms with van der Waals surface area (Å²) >= 11 is 3.45. The van der Waals surface area contributed by atoms with E-state index in [0.29, 0.717) is 13.1 Å². The maximum absolute atomic E-state index is 12.1. The Hall–Kier alpha value is -1.23. The standard InChI is InChI=1S/C16H23BrN2O2/c1-12-11-18(15(20)21-16(2,3)4)9-10-19(12)14-7-5-13(17)6-8-14/h5-8,12H,9-11H2,1-4H3/t12-/m0/s1. The Morgan fingerprint density at radius 1 is 1.24 bits per heavy atom. The van der Waals surface area contributed by atoms with Gasteiger partial charge in [0, 0.05) is 35.8 Å². The molecule has 1 fully saturated rings. The van der Waals surface area contributed by atoms with Crippen LogP contribution in [0.4, 0.5) is 10.5 Å². The summed E-state index contributed by atoms with van der Waals surface area (Å²) in [6, 6.07) is 8.56. The quantitative estimate of drug-likeness (QED) is 0.766. The molecule has 0 spiro atoms. The number of benzene rings is 1. The topological polar surface area (TPSA) is 32.8 Å². The average molecular weight is 355 g/mol. The van der Waals surface area contributed by atoms with Gasteiger partial charge in [0.25, 0.3) is 0 Å². The highest BCUT2D eigenvalue weighted by Gasteiger charge is 2.29. The van der Waals surface area contributed by atoms with Crippen LogP contribution in [0.5, 0.6) is 0 Å². The smallest absolute Gasteiger partial charge is 0.410 e. The number of carbonyl (C=O) groups excluding carboxylic acids is 1. The van der Waals surface area contributed by atoms with E-state index in [4.69, 9.17) is 4.74 Å². The third-order valence-corrected chi connectivity index (χ3v) is 3.97. The molecule has 1 aromatic rings. The summed E-state index contributed by atoms with van der Waals surface area (Å²) < 4.78 is 6.52. The Balaban J connectivity index is 1.99. The molecule has 1 heterocycles. The summed E-state index contributed by atoms with van der Waals surface area (Å²) in [7, 11) is 0. The molecule has 1 amide bonds. The zero-order chi connectivity index (χ0) is 15.6.